The van der Waals surface area contributed by atoms with Crippen LogP contribution >= 0.6 is 0 Å². The summed E-state index contributed by atoms with van der Waals surface area (Å²) in [7, 11) is 0. The number of aromatic nitrogens is 1. The molecule has 0 saturated carbocycles. The molecule has 1 aromatic heterocycles. The van der Waals surface area contributed by atoms with Crippen molar-refractivity contribution in [3.8, 4) is 0 Å². The minimum atomic E-state index is 0.0405. The number of piperidine rings is 1. The molecule has 1 fully saturated rings. The molecule has 0 spiro atoms. The Kier molecular flexibility index (Phi) is 5.33. The first-order chi connectivity index (χ1) is 13.3. The normalized spacial score (nSPS) is 15.6. The molecular formula is C23H24N2O2. The van der Waals surface area contributed by atoms with Crippen molar-refractivity contribution in [2.24, 2.45) is 5.92 Å². The van der Waals surface area contributed by atoms with E-state index in [1.165, 1.54) is 12.0 Å². The fourth-order valence-corrected chi connectivity index (χ4v) is 3.67. The van der Waals surface area contributed by atoms with Gasteiger partial charge in [-0.15, -0.1) is 0 Å². The van der Waals surface area contributed by atoms with Crippen LogP contribution in [0.4, 0.5) is 0 Å². The average Bonchev–Trinajstić information content (AvgIpc) is 3.15. The van der Waals surface area contributed by atoms with Gasteiger partial charge in [0.2, 0.25) is 11.8 Å². The third-order valence-corrected chi connectivity index (χ3v) is 5.29. The summed E-state index contributed by atoms with van der Waals surface area (Å²) in [5, 5.41) is 0. The number of oxazole rings is 1. The molecule has 4 nitrogen and oxygen atoms in total. The van der Waals surface area contributed by atoms with Gasteiger partial charge in [0.25, 0.3) is 0 Å². The SMILES string of the molecule is O=C(/C=C\c1nc2ccccc2o1)N1CCC(CCc2ccccc2)CC1. The Morgan fingerprint density at radius 3 is 2.59 bits per heavy atom. The number of rotatable bonds is 5. The van der Waals surface area contributed by atoms with E-state index in [2.05, 4.69) is 35.3 Å². The summed E-state index contributed by atoms with van der Waals surface area (Å²) >= 11 is 0. The lowest BCUT2D eigenvalue weighted by molar-refractivity contribution is -0.127. The second kappa shape index (κ2) is 8.21. The number of benzene rings is 2. The third-order valence-electron chi connectivity index (χ3n) is 5.29. The lowest BCUT2D eigenvalue weighted by Crippen LogP contribution is -2.37. The van der Waals surface area contributed by atoms with Gasteiger partial charge >= 0.3 is 0 Å². The van der Waals surface area contributed by atoms with Crippen molar-refractivity contribution in [1.82, 2.24) is 9.88 Å². The fourth-order valence-electron chi connectivity index (χ4n) is 3.67. The molecule has 0 aliphatic carbocycles. The van der Waals surface area contributed by atoms with Crippen molar-refractivity contribution in [2.45, 2.75) is 25.7 Å². The molecule has 1 aliphatic heterocycles. The quantitative estimate of drug-likeness (QED) is 0.619. The van der Waals surface area contributed by atoms with Crippen molar-refractivity contribution in [1.29, 1.82) is 0 Å². The fraction of sp³-hybridized carbons (Fsp3) is 0.304. The van der Waals surface area contributed by atoms with Gasteiger partial charge < -0.3 is 9.32 Å². The molecule has 138 valence electrons. The molecule has 4 rings (SSSR count). The standard InChI is InChI=1S/C23H24N2O2/c26-23(13-12-22-24-20-8-4-5-9-21(20)27-22)25-16-14-19(15-17-25)11-10-18-6-2-1-3-7-18/h1-9,12-13,19H,10-11,14-17H2/b13-12-. The third kappa shape index (κ3) is 4.45. The second-order valence-corrected chi connectivity index (χ2v) is 7.15. The number of hydrogen-bond acceptors (Lipinski definition) is 3. The van der Waals surface area contributed by atoms with Crippen LogP contribution in [-0.2, 0) is 11.2 Å². The molecule has 4 heteroatoms. The smallest absolute Gasteiger partial charge is 0.246 e. The zero-order valence-corrected chi connectivity index (χ0v) is 15.4. The van der Waals surface area contributed by atoms with Gasteiger partial charge in [-0.25, -0.2) is 4.98 Å². The maximum Gasteiger partial charge on any atom is 0.246 e. The Labute approximate surface area is 159 Å². The van der Waals surface area contributed by atoms with E-state index in [1.807, 2.05) is 29.2 Å². The molecule has 0 unspecified atom stereocenters. The van der Waals surface area contributed by atoms with Crippen molar-refractivity contribution in [2.75, 3.05) is 13.1 Å². The van der Waals surface area contributed by atoms with E-state index in [0.29, 0.717) is 11.8 Å². The van der Waals surface area contributed by atoms with Crippen LogP contribution in [0.5, 0.6) is 0 Å². The van der Waals surface area contributed by atoms with E-state index in [9.17, 15) is 4.79 Å². The zero-order chi connectivity index (χ0) is 18.5. The van der Waals surface area contributed by atoms with Gasteiger partial charge in [0.05, 0.1) is 0 Å². The van der Waals surface area contributed by atoms with Gasteiger partial charge in [-0.05, 0) is 49.3 Å². The van der Waals surface area contributed by atoms with Crippen LogP contribution in [0.25, 0.3) is 17.2 Å². The van der Waals surface area contributed by atoms with Crippen LogP contribution in [0.3, 0.4) is 0 Å². The van der Waals surface area contributed by atoms with Crippen LogP contribution in [0.15, 0.2) is 65.1 Å². The number of fused-ring (bicyclic) bond motifs is 1. The van der Waals surface area contributed by atoms with Crippen LogP contribution < -0.4 is 0 Å². The zero-order valence-electron chi connectivity index (χ0n) is 15.4. The second-order valence-electron chi connectivity index (χ2n) is 7.15. The summed E-state index contributed by atoms with van der Waals surface area (Å²) in [6.45, 7) is 1.66. The first kappa shape index (κ1) is 17.5. The highest BCUT2D eigenvalue weighted by Gasteiger charge is 2.21. The topological polar surface area (TPSA) is 46.3 Å². The minimum Gasteiger partial charge on any atom is -0.437 e. The van der Waals surface area contributed by atoms with Crippen LogP contribution in [0, 0.1) is 5.92 Å². The maximum absolute atomic E-state index is 12.4. The highest BCUT2D eigenvalue weighted by molar-refractivity contribution is 5.91. The van der Waals surface area contributed by atoms with E-state index >= 15 is 0 Å². The van der Waals surface area contributed by atoms with Gasteiger partial charge in [-0.3, -0.25) is 4.79 Å². The summed E-state index contributed by atoms with van der Waals surface area (Å²) in [5.41, 5.74) is 2.95. The highest BCUT2D eigenvalue weighted by atomic mass is 16.3. The molecule has 0 N–H and O–H groups in total. The van der Waals surface area contributed by atoms with Crippen molar-refractivity contribution >= 4 is 23.1 Å². The number of para-hydroxylation sites is 2. The van der Waals surface area contributed by atoms with E-state index in [4.69, 9.17) is 4.42 Å². The van der Waals surface area contributed by atoms with Crippen LogP contribution in [-0.4, -0.2) is 28.9 Å². The lowest BCUT2D eigenvalue weighted by Gasteiger charge is -2.31. The predicted molar refractivity (Wildman–Crippen MR) is 107 cm³/mol. The summed E-state index contributed by atoms with van der Waals surface area (Å²) in [5.74, 6) is 1.22. The number of carbonyl (C=O) groups is 1. The Morgan fingerprint density at radius 1 is 1.07 bits per heavy atom. The first-order valence-electron chi connectivity index (χ1n) is 9.64. The Hall–Kier alpha value is -2.88. The lowest BCUT2D eigenvalue weighted by atomic mass is 9.90. The molecule has 1 amide bonds. The summed E-state index contributed by atoms with van der Waals surface area (Å²) in [6, 6.07) is 18.2. The molecule has 0 bridgehead atoms. The van der Waals surface area contributed by atoms with Gasteiger partial charge in [-0.2, -0.15) is 0 Å². The van der Waals surface area contributed by atoms with Crippen molar-refractivity contribution in [3.05, 3.63) is 72.1 Å². The predicted octanol–water partition coefficient (Wildman–Crippen LogP) is 4.71. The summed E-state index contributed by atoms with van der Waals surface area (Å²) in [6.07, 6.45) is 7.73. The van der Waals surface area contributed by atoms with E-state index < -0.39 is 0 Å². The number of amides is 1. The number of nitrogens with zero attached hydrogens (tertiary/aromatic N) is 2. The molecule has 2 aromatic carbocycles. The van der Waals surface area contributed by atoms with Gasteiger partial charge in [-0.1, -0.05) is 42.5 Å². The first-order valence-corrected chi connectivity index (χ1v) is 9.64. The molecule has 0 atom stereocenters. The van der Waals surface area contributed by atoms with E-state index in [1.54, 1.807) is 12.2 Å². The molecule has 1 saturated heterocycles. The number of likely N-dealkylation sites (tertiary alicyclic amines) is 1. The number of aryl methyl sites for hydroxylation is 1. The molecular weight excluding hydrogens is 336 g/mol. The van der Waals surface area contributed by atoms with Crippen LogP contribution in [0.1, 0.15) is 30.7 Å². The molecule has 3 aromatic rings. The maximum atomic E-state index is 12.4. The van der Waals surface area contributed by atoms with E-state index in [-0.39, 0.29) is 5.91 Å². The van der Waals surface area contributed by atoms with Gasteiger partial charge in [0, 0.05) is 25.2 Å². The monoisotopic (exact) mass is 360 g/mol. The van der Waals surface area contributed by atoms with Gasteiger partial charge in [0.1, 0.15) is 5.52 Å². The van der Waals surface area contributed by atoms with E-state index in [0.717, 1.165) is 43.5 Å². The average molecular weight is 360 g/mol. The van der Waals surface area contributed by atoms with Gasteiger partial charge in [0.15, 0.2) is 5.58 Å². The molecule has 1 aliphatic rings. The summed E-state index contributed by atoms with van der Waals surface area (Å²) < 4.78 is 5.63. The minimum absolute atomic E-state index is 0.0405. The highest BCUT2D eigenvalue weighted by Crippen LogP contribution is 2.23. The van der Waals surface area contributed by atoms with Crippen LogP contribution in [0.2, 0.25) is 0 Å². The van der Waals surface area contributed by atoms with Crippen molar-refractivity contribution in [3.63, 3.8) is 0 Å². The molecule has 2 heterocycles. The summed E-state index contributed by atoms with van der Waals surface area (Å²) in [4.78, 5) is 18.7. The molecule has 0 radical (unpaired) electrons. The number of hydrogen-bond donors (Lipinski definition) is 0. The Morgan fingerprint density at radius 2 is 1.81 bits per heavy atom. The molecule has 27 heavy (non-hydrogen) atoms. The number of carbonyl (C=O) groups excluding carboxylic acids is 1. The Balaban J connectivity index is 1.27. The largest absolute Gasteiger partial charge is 0.437 e. The van der Waals surface area contributed by atoms with Crippen molar-refractivity contribution < 1.29 is 9.21 Å². The Bertz CT molecular complexity index is 889.